The van der Waals surface area contributed by atoms with Gasteiger partial charge in [0.15, 0.2) is 0 Å². The number of pyridine rings is 1. The molecular weight excluding hydrogens is 337 g/mol. The Morgan fingerprint density at radius 1 is 1.59 bits per heavy atom. The van der Waals surface area contributed by atoms with Gasteiger partial charge in [-0.05, 0) is 41.1 Å². The van der Waals surface area contributed by atoms with Crippen molar-refractivity contribution in [3.05, 3.63) is 21.9 Å². The van der Waals surface area contributed by atoms with Crippen molar-refractivity contribution in [2.24, 2.45) is 0 Å². The van der Waals surface area contributed by atoms with Crippen molar-refractivity contribution in [3.63, 3.8) is 0 Å². The molecule has 1 unspecified atom stereocenters. The smallest absolute Gasteiger partial charge is 0.405 e. The van der Waals surface area contributed by atoms with Gasteiger partial charge in [0.2, 0.25) is 0 Å². The summed E-state index contributed by atoms with van der Waals surface area (Å²) in [4.78, 5) is 28.0. The maximum atomic E-state index is 11.9. The zero-order chi connectivity index (χ0) is 12.4. The van der Waals surface area contributed by atoms with E-state index >= 15 is 0 Å². The highest BCUT2D eigenvalue weighted by atomic mass is 127. The van der Waals surface area contributed by atoms with E-state index in [0.29, 0.717) is 18.8 Å². The third-order valence-electron chi connectivity index (χ3n) is 2.49. The van der Waals surface area contributed by atoms with Crippen LogP contribution in [0, 0.1) is 3.57 Å². The van der Waals surface area contributed by atoms with Crippen LogP contribution in [0.15, 0.2) is 18.3 Å². The van der Waals surface area contributed by atoms with Crippen LogP contribution in [0.2, 0.25) is 0 Å². The van der Waals surface area contributed by atoms with E-state index in [1.54, 1.807) is 12.3 Å². The lowest BCUT2D eigenvalue weighted by atomic mass is 10.2. The van der Waals surface area contributed by atoms with Crippen LogP contribution in [0.5, 0.6) is 0 Å². The van der Waals surface area contributed by atoms with Gasteiger partial charge in [-0.1, -0.05) is 0 Å². The Kier molecular flexibility index (Phi) is 3.46. The third-order valence-corrected chi connectivity index (χ3v) is 3.13. The fourth-order valence-corrected chi connectivity index (χ4v) is 2.04. The number of rotatable bonds is 2. The van der Waals surface area contributed by atoms with Gasteiger partial charge >= 0.3 is 6.09 Å². The summed E-state index contributed by atoms with van der Waals surface area (Å²) >= 11 is 2.13. The first-order chi connectivity index (χ1) is 8.08. The van der Waals surface area contributed by atoms with Gasteiger partial charge in [0.05, 0.1) is 0 Å². The first kappa shape index (κ1) is 12.1. The summed E-state index contributed by atoms with van der Waals surface area (Å²) in [6.45, 7) is 0.484. The van der Waals surface area contributed by atoms with Crippen LogP contribution in [0.1, 0.15) is 6.42 Å². The zero-order valence-electron chi connectivity index (χ0n) is 8.76. The van der Waals surface area contributed by atoms with Gasteiger partial charge in [0.25, 0.3) is 5.91 Å². The molecular formula is C10H10IN3O3. The van der Waals surface area contributed by atoms with E-state index in [0.717, 1.165) is 3.57 Å². The fraction of sp³-hybridized carbons (Fsp3) is 0.300. The largest absolute Gasteiger partial charge is 0.465 e. The molecule has 1 aliphatic rings. The van der Waals surface area contributed by atoms with Crippen molar-refractivity contribution in [1.29, 1.82) is 0 Å². The number of halogens is 1. The summed E-state index contributed by atoms with van der Waals surface area (Å²) in [6, 6.07) is 2.95. The Labute approximate surface area is 111 Å². The minimum atomic E-state index is -1.18. The molecule has 1 aromatic heterocycles. The van der Waals surface area contributed by atoms with E-state index in [2.05, 4.69) is 32.9 Å². The number of nitrogens with zero attached hydrogens (tertiary/aromatic N) is 2. The minimum absolute atomic E-state index is 0.249. The molecule has 0 aliphatic carbocycles. The van der Waals surface area contributed by atoms with Gasteiger partial charge in [-0.2, -0.15) is 0 Å². The molecule has 1 aliphatic heterocycles. The number of aromatic nitrogens is 1. The van der Waals surface area contributed by atoms with Gasteiger partial charge in [-0.25, -0.2) is 9.78 Å². The molecule has 0 spiro atoms. The van der Waals surface area contributed by atoms with Crippen LogP contribution in [-0.2, 0) is 4.79 Å². The molecule has 1 fully saturated rings. The minimum Gasteiger partial charge on any atom is -0.465 e. The number of hydrogen-bond donors (Lipinski definition) is 2. The number of carboxylic acid groups (broad SMARTS) is 1. The zero-order valence-corrected chi connectivity index (χ0v) is 10.9. The molecule has 0 bridgehead atoms. The quantitative estimate of drug-likeness (QED) is 0.784. The Morgan fingerprint density at radius 3 is 2.94 bits per heavy atom. The molecule has 0 radical (unpaired) electrons. The summed E-state index contributed by atoms with van der Waals surface area (Å²) < 4.78 is 0.984. The Morgan fingerprint density at radius 2 is 2.35 bits per heavy atom. The molecule has 0 saturated carbocycles. The molecule has 1 aromatic rings. The lowest BCUT2D eigenvalue weighted by Crippen LogP contribution is -2.41. The van der Waals surface area contributed by atoms with Crippen molar-refractivity contribution in [2.75, 3.05) is 11.4 Å². The van der Waals surface area contributed by atoms with Gasteiger partial charge in [-0.3, -0.25) is 9.69 Å². The highest BCUT2D eigenvalue weighted by Crippen LogP contribution is 2.19. The Hall–Kier alpha value is -1.38. The van der Waals surface area contributed by atoms with Crippen molar-refractivity contribution in [1.82, 2.24) is 10.3 Å². The van der Waals surface area contributed by atoms with Gasteiger partial charge < -0.3 is 10.4 Å². The van der Waals surface area contributed by atoms with Crippen molar-refractivity contribution in [3.8, 4) is 0 Å². The Bertz CT molecular complexity index is 449. The predicted molar refractivity (Wildman–Crippen MR) is 68.9 cm³/mol. The van der Waals surface area contributed by atoms with Crippen molar-refractivity contribution < 1.29 is 14.7 Å². The SMILES string of the molecule is O=C(O)NC1CCN(c2ccc(I)cn2)C1=O. The molecule has 0 aromatic carbocycles. The van der Waals surface area contributed by atoms with Gasteiger partial charge in [0, 0.05) is 16.3 Å². The monoisotopic (exact) mass is 347 g/mol. The molecule has 90 valence electrons. The van der Waals surface area contributed by atoms with Crippen LogP contribution < -0.4 is 10.2 Å². The van der Waals surface area contributed by atoms with E-state index in [1.165, 1.54) is 4.90 Å². The third kappa shape index (κ3) is 2.65. The number of amides is 2. The molecule has 2 rings (SSSR count). The van der Waals surface area contributed by atoms with Gasteiger partial charge in [0.1, 0.15) is 11.9 Å². The highest BCUT2D eigenvalue weighted by molar-refractivity contribution is 14.1. The summed E-state index contributed by atoms with van der Waals surface area (Å²) in [5.74, 6) is 0.311. The average molecular weight is 347 g/mol. The molecule has 7 heteroatoms. The summed E-state index contributed by atoms with van der Waals surface area (Å²) in [5, 5.41) is 10.8. The van der Waals surface area contributed by atoms with Gasteiger partial charge in [-0.15, -0.1) is 0 Å². The second-order valence-electron chi connectivity index (χ2n) is 3.62. The predicted octanol–water partition coefficient (Wildman–Crippen LogP) is 1.06. The Balaban J connectivity index is 2.12. The molecule has 6 nitrogen and oxygen atoms in total. The summed E-state index contributed by atoms with van der Waals surface area (Å²) in [6.07, 6.45) is 0.959. The summed E-state index contributed by atoms with van der Waals surface area (Å²) in [5.41, 5.74) is 0. The van der Waals surface area contributed by atoms with E-state index < -0.39 is 12.1 Å². The molecule has 2 heterocycles. The maximum absolute atomic E-state index is 11.9. The molecule has 2 amide bonds. The van der Waals surface area contributed by atoms with Crippen LogP contribution in [0.25, 0.3) is 0 Å². The second kappa shape index (κ2) is 4.86. The first-order valence-corrected chi connectivity index (χ1v) is 6.08. The number of carbonyl (C=O) groups is 2. The highest BCUT2D eigenvalue weighted by Gasteiger charge is 2.34. The van der Waals surface area contributed by atoms with Crippen molar-refractivity contribution >= 4 is 40.4 Å². The topological polar surface area (TPSA) is 82.5 Å². The summed E-state index contributed by atoms with van der Waals surface area (Å²) in [7, 11) is 0. The number of nitrogens with one attached hydrogen (secondary N) is 1. The van der Waals surface area contributed by atoms with E-state index in [1.807, 2.05) is 6.07 Å². The molecule has 1 atom stereocenters. The van der Waals surface area contributed by atoms with Crippen LogP contribution in [0.3, 0.4) is 0 Å². The molecule has 1 saturated heterocycles. The van der Waals surface area contributed by atoms with Crippen LogP contribution >= 0.6 is 22.6 Å². The van der Waals surface area contributed by atoms with Crippen LogP contribution in [0.4, 0.5) is 10.6 Å². The number of anilines is 1. The van der Waals surface area contributed by atoms with Crippen molar-refractivity contribution in [2.45, 2.75) is 12.5 Å². The lowest BCUT2D eigenvalue weighted by molar-refractivity contribution is -0.118. The first-order valence-electron chi connectivity index (χ1n) is 5.00. The standard InChI is InChI=1S/C10H10IN3O3/c11-6-1-2-8(12-5-6)14-4-3-7(9(14)15)13-10(16)17/h1-2,5,7,13H,3-4H2,(H,16,17). The lowest BCUT2D eigenvalue weighted by Gasteiger charge is -2.15. The molecule has 2 N–H and O–H groups in total. The fourth-order valence-electron chi connectivity index (χ4n) is 1.72. The number of carbonyl (C=O) groups excluding carboxylic acids is 1. The number of hydrogen-bond acceptors (Lipinski definition) is 3. The average Bonchev–Trinajstić information content (AvgIpc) is 2.61. The van der Waals surface area contributed by atoms with Crippen LogP contribution in [-0.4, -0.2) is 34.7 Å². The molecule has 17 heavy (non-hydrogen) atoms. The maximum Gasteiger partial charge on any atom is 0.405 e. The van der Waals surface area contributed by atoms with E-state index in [-0.39, 0.29) is 5.91 Å². The normalized spacial score (nSPS) is 19.5. The van der Waals surface area contributed by atoms with E-state index in [9.17, 15) is 9.59 Å². The second-order valence-corrected chi connectivity index (χ2v) is 4.86. The van der Waals surface area contributed by atoms with E-state index in [4.69, 9.17) is 5.11 Å².